The number of alkyl halides is 3. The van der Waals surface area contributed by atoms with E-state index in [2.05, 4.69) is 15.4 Å². The van der Waals surface area contributed by atoms with Gasteiger partial charge >= 0.3 is 6.18 Å². The van der Waals surface area contributed by atoms with Gasteiger partial charge in [0, 0.05) is 11.9 Å². The maximum Gasteiger partial charge on any atom is 0.435 e. The van der Waals surface area contributed by atoms with Crippen LogP contribution in [-0.4, -0.2) is 20.7 Å². The fraction of sp³-hybridized carbons (Fsp3) is 0.400. The van der Waals surface area contributed by atoms with Crippen molar-refractivity contribution in [2.75, 3.05) is 5.32 Å². The minimum Gasteiger partial charge on any atom is -0.310 e. The predicted octanol–water partition coefficient (Wildman–Crippen LogP) is 3.19. The van der Waals surface area contributed by atoms with Crippen molar-refractivity contribution in [1.29, 1.82) is 0 Å². The first-order valence-corrected chi connectivity index (χ1v) is 7.02. The lowest BCUT2D eigenvalue weighted by Crippen LogP contribution is -2.26. The molecule has 2 aromatic rings. The molecule has 2 rings (SSSR count). The highest BCUT2D eigenvalue weighted by Crippen LogP contribution is 2.28. The number of nitrogens with one attached hydrogen (secondary N) is 1. The van der Waals surface area contributed by atoms with E-state index in [9.17, 15) is 18.0 Å². The molecule has 0 saturated heterocycles. The Morgan fingerprint density at radius 1 is 1.39 bits per heavy atom. The second-order valence-corrected chi connectivity index (χ2v) is 5.41. The van der Waals surface area contributed by atoms with E-state index >= 15 is 0 Å². The molecule has 1 N–H and O–H groups in total. The van der Waals surface area contributed by atoms with Crippen LogP contribution in [0.3, 0.4) is 0 Å². The third kappa shape index (κ3) is 4.08. The standard InChI is InChI=1S/C15H17F3N4O/c1-9-5-4-6-19-13(9)20-14(23)10(2)8-22-11(3)7-12(21-22)15(16,17)18/h4-7,10H,8H2,1-3H3,(H,19,20,23)/t10-/m1/s1. The lowest BCUT2D eigenvalue weighted by Gasteiger charge is -2.14. The van der Waals surface area contributed by atoms with Crippen LogP contribution in [0, 0.1) is 19.8 Å². The molecule has 0 fully saturated rings. The van der Waals surface area contributed by atoms with Gasteiger partial charge in [-0.15, -0.1) is 0 Å². The van der Waals surface area contributed by atoms with Gasteiger partial charge in [0.2, 0.25) is 5.91 Å². The number of rotatable bonds is 4. The van der Waals surface area contributed by atoms with Crippen molar-refractivity contribution in [2.24, 2.45) is 5.92 Å². The second-order valence-electron chi connectivity index (χ2n) is 5.41. The molecule has 0 radical (unpaired) electrons. The number of hydrogen-bond donors (Lipinski definition) is 1. The van der Waals surface area contributed by atoms with Crippen LogP contribution in [0.15, 0.2) is 24.4 Å². The average molecular weight is 326 g/mol. The molecule has 0 aromatic carbocycles. The molecule has 0 bridgehead atoms. The molecule has 8 heteroatoms. The molecule has 0 unspecified atom stereocenters. The summed E-state index contributed by atoms with van der Waals surface area (Å²) in [6, 6.07) is 4.52. The van der Waals surface area contributed by atoms with Crippen LogP contribution in [0.1, 0.15) is 23.9 Å². The third-order valence-corrected chi connectivity index (χ3v) is 3.42. The number of aromatic nitrogens is 3. The minimum atomic E-state index is -4.49. The predicted molar refractivity (Wildman–Crippen MR) is 78.7 cm³/mol. The number of carbonyl (C=O) groups excluding carboxylic acids is 1. The zero-order valence-corrected chi connectivity index (χ0v) is 13.0. The van der Waals surface area contributed by atoms with E-state index in [4.69, 9.17) is 0 Å². The van der Waals surface area contributed by atoms with Gasteiger partial charge in [0.25, 0.3) is 0 Å². The van der Waals surface area contributed by atoms with Crippen LogP contribution in [0.25, 0.3) is 0 Å². The quantitative estimate of drug-likeness (QED) is 0.939. The molecule has 0 aliphatic heterocycles. The van der Waals surface area contributed by atoms with E-state index in [-0.39, 0.29) is 12.5 Å². The molecule has 2 aromatic heterocycles. The van der Waals surface area contributed by atoms with Crippen molar-refractivity contribution >= 4 is 11.7 Å². The summed E-state index contributed by atoms with van der Waals surface area (Å²) in [5.41, 5.74) is 0.205. The third-order valence-electron chi connectivity index (χ3n) is 3.42. The van der Waals surface area contributed by atoms with Crippen LogP contribution < -0.4 is 5.32 Å². The summed E-state index contributed by atoms with van der Waals surface area (Å²) in [5.74, 6) is -0.441. The van der Waals surface area contributed by atoms with Crippen molar-refractivity contribution in [1.82, 2.24) is 14.8 Å². The average Bonchev–Trinajstić information content (AvgIpc) is 2.82. The van der Waals surface area contributed by atoms with Gasteiger partial charge in [0.1, 0.15) is 5.82 Å². The smallest absolute Gasteiger partial charge is 0.310 e. The minimum absolute atomic E-state index is 0.0552. The Kier molecular flexibility index (Phi) is 4.72. The Bertz CT molecular complexity index is 709. The monoisotopic (exact) mass is 326 g/mol. The molecule has 2 heterocycles. The summed E-state index contributed by atoms with van der Waals surface area (Å²) in [6.07, 6.45) is -2.94. The molecule has 23 heavy (non-hydrogen) atoms. The van der Waals surface area contributed by atoms with Crippen LogP contribution in [-0.2, 0) is 17.5 Å². The molecule has 0 saturated carbocycles. The first-order chi connectivity index (χ1) is 10.7. The number of halogens is 3. The maximum absolute atomic E-state index is 12.6. The number of nitrogens with zero attached hydrogens (tertiary/aromatic N) is 3. The Hall–Kier alpha value is -2.38. The molecule has 0 aliphatic carbocycles. The Morgan fingerprint density at radius 3 is 2.65 bits per heavy atom. The Morgan fingerprint density at radius 2 is 2.09 bits per heavy atom. The number of carbonyl (C=O) groups is 1. The fourth-order valence-corrected chi connectivity index (χ4v) is 2.03. The summed E-state index contributed by atoms with van der Waals surface area (Å²) < 4.78 is 39.1. The number of pyridine rings is 1. The molecular weight excluding hydrogens is 309 g/mol. The van der Waals surface area contributed by atoms with E-state index in [0.717, 1.165) is 11.6 Å². The highest BCUT2D eigenvalue weighted by Gasteiger charge is 2.34. The van der Waals surface area contributed by atoms with Crippen molar-refractivity contribution in [2.45, 2.75) is 33.5 Å². The van der Waals surface area contributed by atoms with Gasteiger partial charge in [-0.05, 0) is 31.5 Å². The van der Waals surface area contributed by atoms with Gasteiger partial charge in [0.15, 0.2) is 5.69 Å². The lowest BCUT2D eigenvalue weighted by molar-refractivity contribution is -0.141. The molecule has 5 nitrogen and oxygen atoms in total. The molecule has 0 aliphatic rings. The summed E-state index contributed by atoms with van der Waals surface area (Å²) in [7, 11) is 0. The summed E-state index contributed by atoms with van der Waals surface area (Å²) in [5, 5.41) is 6.20. The summed E-state index contributed by atoms with van der Waals surface area (Å²) in [4.78, 5) is 16.2. The summed E-state index contributed by atoms with van der Waals surface area (Å²) in [6.45, 7) is 5.01. The highest BCUT2D eigenvalue weighted by atomic mass is 19.4. The van der Waals surface area contributed by atoms with Crippen molar-refractivity contribution < 1.29 is 18.0 Å². The van der Waals surface area contributed by atoms with Crippen molar-refractivity contribution in [3.05, 3.63) is 41.3 Å². The zero-order valence-electron chi connectivity index (χ0n) is 13.0. The molecule has 124 valence electrons. The fourth-order valence-electron chi connectivity index (χ4n) is 2.03. The largest absolute Gasteiger partial charge is 0.435 e. The van der Waals surface area contributed by atoms with Crippen LogP contribution >= 0.6 is 0 Å². The summed E-state index contributed by atoms with van der Waals surface area (Å²) >= 11 is 0. The van der Waals surface area contributed by atoms with E-state index < -0.39 is 17.8 Å². The normalized spacial score (nSPS) is 13.0. The van der Waals surface area contributed by atoms with Gasteiger partial charge in [-0.1, -0.05) is 13.0 Å². The SMILES string of the molecule is Cc1cccnc1NC(=O)[C@H](C)Cn1nc(C(F)(F)F)cc1C. The highest BCUT2D eigenvalue weighted by molar-refractivity contribution is 5.91. The molecule has 1 atom stereocenters. The first kappa shape index (κ1) is 17.0. The van der Waals surface area contributed by atoms with Crippen molar-refractivity contribution in [3.8, 4) is 0 Å². The molecular formula is C15H17F3N4O. The van der Waals surface area contributed by atoms with Gasteiger partial charge in [-0.2, -0.15) is 18.3 Å². The van der Waals surface area contributed by atoms with E-state index in [1.807, 2.05) is 0 Å². The topological polar surface area (TPSA) is 59.8 Å². The number of amides is 1. The Labute approximate surface area is 131 Å². The van der Waals surface area contributed by atoms with Crippen LogP contribution in [0.5, 0.6) is 0 Å². The number of anilines is 1. The van der Waals surface area contributed by atoms with Crippen molar-refractivity contribution in [3.63, 3.8) is 0 Å². The Balaban J connectivity index is 2.07. The maximum atomic E-state index is 12.6. The van der Waals surface area contributed by atoms with Gasteiger partial charge in [-0.3, -0.25) is 9.48 Å². The van der Waals surface area contributed by atoms with Gasteiger partial charge in [0.05, 0.1) is 12.5 Å². The number of hydrogen-bond acceptors (Lipinski definition) is 3. The lowest BCUT2D eigenvalue weighted by atomic mass is 10.1. The number of aryl methyl sites for hydroxylation is 2. The van der Waals surface area contributed by atoms with E-state index in [0.29, 0.717) is 11.5 Å². The zero-order chi connectivity index (χ0) is 17.2. The first-order valence-electron chi connectivity index (χ1n) is 7.02. The van der Waals surface area contributed by atoms with Crippen LogP contribution in [0.4, 0.5) is 19.0 Å². The van der Waals surface area contributed by atoms with Gasteiger partial charge < -0.3 is 5.32 Å². The molecule has 1 amide bonds. The second kappa shape index (κ2) is 6.39. The van der Waals surface area contributed by atoms with E-state index in [1.54, 1.807) is 32.2 Å². The van der Waals surface area contributed by atoms with Crippen LogP contribution in [0.2, 0.25) is 0 Å². The van der Waals surface area contributed by atoms with Gasteiger partial charge in [-0.25, -0.2) is 4.98 Å². The molecule has 0 spiro atoms. The van der Waals surface area contributed by atoms with E-state index in [1.165, 1.54) is 11.6 Å².